The Hall–Kier alpha value is -2.67. The van der Waals surface area contributed by atoms with Gasteiger partial charge >= 0.3 is 5.97 Å². The quantitative estimate of drug-likeness (QED) is 0.814. The van der Waals surface area contributed by atoms with Crippen molar-refractivity contribution in [2.75, 3.05) is 12.0 Å². The number of hydrogen-bond donors (Lipinski definition) is 1. The van der Waals surface area contributed by atoms with Crippen molar-refractivity contribution in [3.05, 3.63) is 65.0 Å². The summed E-state index contributed by atoms with van der Waals surface area (Å²) in [6, 6.07) is 11.4. The topological polar surface area (TPSA) is 66.8 Å². The molecule has 0 fully saturated rings. The lowest BCUT2D eigenvalue weighted by Gasteiger charge is -2.24. The molecule has 7 heteroatoms. The molecule has 0 aromatic heterocycles. The molecule has 0 aliphatic carbocycles. The number of nitrogens with zero attached hydrogens (tertiary/aromatic N) is 1. The van der Waals surface area contributed by atoms with Crippen LogP contribution in [0.5, 0.6) is 5.75 Å². The summed E-state index contributed by atoms with van der Waals surface area (Å²) >= 11 is 3.23. The first kappa shape index (κ1) is 18.1. The molecule has 3 rings (SSSR count). The van der Waals surface area contributed by atoms with Gasteiger partial charge in [0.25, 0.3) is 0 Å². The van der Waals surface area contributed by atoms with Gasteiger partial charge in [0, 0.05) is 10.0 Å². The molecule has 1 aliphatic heterocycles. The summed E-state index contributed by atoms with van der Waals surface area (Å²) in [4.78, 5) is 25.5. The van der Waals surface area contributed by atoms with Crippen molar-refractivity contribution in [2.45, 2.75) is 13.0 Å². The van der Waals surface area contributed by atoms with Gasteiger partial charge in [-0.3, -0.25) is 4.79 Å². The first-order chi connectivity index (χ1) is 12.4. The Morgan fingerprint density at radius 1 is 1.27 bits per heavy atom. The smallest absolute Gasteiger partial charge is 0.333 e. The third-order valence-corrected chi connectivity index (χ3v) is 5.05. The number of anilines is 1. The van der Waals surface area contributed by atoms with Crippen molar-refractivity contribution in [2.24, 2.45) is 0 Å². The van der Waals surface area contributed by atoms with Crippen molar-refractivity contribution in [1.82, 2.24) is 0 Å². The highest BCUT2D eigenvalue weighted by molar-refractivity contribution is 9.15. The molecule has 1 N–H and O–H groups in total. The Labute approximate surface area is 157 Å². The van der Waals surface area contributed by atoms with Crippen LogP contribution in [0.4, 0.5) is 10.1 Å². The standard InChI is InChI=1S/C19H15BrFNO4/c1-26-12-7-5-11(6-8-12)10-22-16(23)9-14(19(24)25)17(20)13-3-2-4-15(21)18(13)22/h2-8H,9-10H2,1H3,(H,24,25). The van der Waals surface area contributed by atoms with Crippen LogP contribution in [-0.4, -0.2) is 24.1 Å². The summed E-state index contributed by atoms with van der Waals surface area (Å²) in [5, 5.41) is 9.41. The number of halogens is 2. The van der Waals surface area contributed by atoms with E-state index in [4.69, 9.17) is 4.74 Å². The van der Waals surface area contributed by atoms with Crippen LogP contribution in [0.2, 0.25) is 0 Å². The Kier molecular flexibility index (Phi) is 5.08. The van der Waals surface area contributed by atoms with Gasteiger partial charge in [-0.1, -0.05) is 24.3 Å². The number of amides is 1. The highest BCUT2D eigenvalue weighted by Gasteiger charge is 2.31. The molecule has 1 amide bonds. The van der Waals surface area contributed by atoms with E-state index in [9.17, 15) is 19.1 Å². The molecule has 0 unspecified atom stereocenters. The number of benzene rings is 2. The molecule has 0 atom stereocenters. The fourth-order valence-corrected chi connectivity index (χ4v) is 3.46. The van der Waals surface area contributed by atoms with Gasteiger partial charge in [0.05, 0.1) is 31.3 Å². The maximum atomic E-state index is 14.6. The van der Waals surface area contributed by atoms with E-state index in [-0.39, 0.29) is 28.7 Å². The van der Waals surface area contributed by atoms with Crippen molar-refractivity contribution in [1.29, 1.82) is 0 Å². The zero-order chi connectivity index (χ0) is 18.8. The summed E-state index contributed by atoms with van der Waals surface area (Å²) in [6.45, 7) is 0.115. The Morgan fingerprint density at radius 2 is 1.96 bits per heavy atom. The molecule has 1 aliphatic rings. The van der Waals surface area contributed by atoms with Crippen molar-refractivity contribution >= 4 is 38.0 Å². The number of carbonyl (C=O) groups is 2. The number of carbonyl (C=O) groups excluding carboxylic acids is 1. The van der Waals surface area contributed by atoms with E-state index in [2.05, 4.69) is 15.9 Å². The maximum Gasteiger partial charge on any atom is 0.333 e. The number of carboxylic acid groups (broad SMARTS) is 1. The third-order valence-electron chi connectivity index (χ3n) is 4.15. The van der Waals surface area contributed by atoms with Crippen LogP contribution in [0.25, 0.3) is 4.48 Å². The van der Waals surface area contributed by atoms with E-state index in [0.717, 1.165) is 5.56 Å². The lowest BCUT2D eigenvalue weighted by molar-refractivity contribution is -0.133. The predicted octanol–water partition coefficient (Wildman–Crippen LogP) is 3.96. The highest BCUT2D eigenvalue weighted by Crippen LogP contribution is 2.40. The summed E-state index contributed by atoms with van der Waals surface area (Å²) in [5.41, 5.74) is 1.07. The van der Waals surface area contributed by atoms with Crippen molar-refractivity contribution < 1.29 is 23.8 Å². The Morgan fingerprint density at radius 3 is 2.58 bits per heavy atom. The second-order valence-corrected chi connectivity index (χ2v) is 6.53. The minimum atomic E-state index is -1.22. The minimum absolute atomic E-state index is 0.0662. The van der Waals surface area contributed by atoms with Crippen LogP contribution >= 0.6 is 15.9 Å². The van der Waals surface area contributed by atoms with Gasteiger partial charge in [0.15, 0.2) is 0 Å². The average molecular weight is 420 g/mol. The molecule has 0 saturated heterocycles. The SMILES string of the molecule is COc1ccc(CN2C(=O)CC(C(=O)O)=C(Br)c3cccc(F)c32)cc1. The van der Waals surface area contributed by atoms with E-state index >= 15 is 0 Å². The van der Waals surface area contributed by atoms with E-state index in [0.29, 0.717) is 11.3 Å². The molecule has 5 nitrogen and oxygen atoms in total. The van der Waals surface area contributed by atoms with Gasteiger partial charge < -0.3 is 14.7 Å². The molecule has 1 heterocycles. The zero-order valence-electron chi connectivity index (χ0n) is 13.8. The maximum absolute atomic E-state index is 14.6. The molecule has 0 radical (unpaired) electrons. The molecule has 26 heavy (non-hydrogen) atoms. The van der Waals surface area contributed by atoms with Crippen LogP contribution in [0.3, 0.4) is 0 Å². The van der Waals surface area contributed by atoms with E-state index in [1.54, 1.807) is 37.4 Å². The summed E-state index contributed by atoms with van der Waals surface area (Å²) in [7, 11) is 1.55. The number of para-hydroxylation sites is 1. The largest absolute Gasteiger partial charge is 0.497 e. The molecular formula is C19H15BrFNO4. The van der Waals surface area contributed by atoms with Crippen LogP contribution < -0.4 is 9.64 Å². The van der Waals surface area contributed by atoms with Crippen molar-refractivity contribution in [3.63, 3.8) is 0 Å². The number of carboxylic acids is 1. The molecule has 0 spiro atoms. The normalized spacial score (nSPS) is 14.1. The lowest BCUT2D eigenvalue weighted by Crippen LogP contribution is -2.31. The summed E-state index contributed by atoms with van der Waals surface area (Å²) in [5.74, 6) is -1.63. The average Bonchev–Trinajstić information content (AvgIpc) is 2.73. The third kappa shape index (κ3) is 3.35. The summed E-state index contributed by atoms with van der Waals surface area (Å²) in [6.07, 6.45) is -0.333. The minimum Gasteiger partial charge on any atom is -0.497 e. The van der Waals surface area contributed by atoms with Gasteiger partial charge in [-0.05, 0) is 39.7 Å². The molecule has 0 saturated carbocycles. The second-order valence-electron chi connectivity index (χ2n) is 5.74. The molecule has 0 bridgehead atoms. The zero-order valence-corrected chi connectivity index (χ0v) is 15.4. The molecule has 134 valence electrons. The van der Waals surface area contributed by atoms with E-state index in [1.165, 1.54) is 17.0 Å². The fourth-order valence-electron chi connectivity index (χ4n) is 2.83. The van der Waals surface area contributed by atoms with Gasteiger partial charge in [-0.15, -0.1) is 0 Å². The van der Waals surface area contributed by atoms with Gasteiger partial charge in [-0.2, -0.15) is 0 Å². The number of ether oxygens (including phenoxy) is 1. The van der Waals surface area contributed by atoms with E-state index < -0.39 is 17.7 Å². The van der Waals surface area contributed by atoms with Crippen LogP contribution in [0.15, 0.2) is 48.0 Å². The fraction of sp³-hybridized carbons (Fsp3) is 0.158. The summed E-state index contributed by atoms with van der Waals surface area (Å²) < 4.78 is 19.9. The second kappa shape index (κ2) is 7.29. The first-order valence-electron chi connectivity index (χ1n) is 7.76. The Bertz CT molecular complexity index is 908. The Balaban J connectivity index is 2.08. The number of aliphatic carboxylic acids is 1. The number of methoxy groups -OCH3 is 1. The molecular weight excluding hydrogens is 405 g/mol. The van der Waals surface area contributed by atoms with E-state index in [1.807, 2.05) is 0 Å². The number of fused-ring (bicyclic) bond motifs is 1. The highest BCUT2D eigenvalue weighted by atomic mass is 79.9. The monoisotopic (exact) mass is 419 g/mol. The van der Waals surface area contributed by atoms with Crippen LogP contribution in [0, 0.1) is 5.82 Å². The lowest BCUT2D eigenvalue weighted by atomic mass is 10.1. The van der Waals surface area contributed by atoms with Crippen molar-refractivity contribution in [3.8, 4) is 5.75 Å². The van der Waals surface area contributed by atoms with Crippen LogP contribution in [0.1, 0.15) is 17.5 Å². The number of hydrogen-bond acceptors (Lipinski definition) is 3. The predicted molar refractivity (Wildman–Crippen MR) is 98.7 cm³/mol. The van der Waals surface area contributed by atoms with Crippen LogP contribution in [-0.2, 0) is 16.1 Å². The van der Waals surface area contributed by atoms with Gasteiger partial charge in [-0.25, -0.2) is 9.18 Å². The molecule has 2 aromatic carbocycles. The molecule has 2 aromatic rings. The number of rotatable bonds is 4. The first-order valence-corrected chi connectivity index (χ1v) is 8.55. The van der Waals surface area contributed by atoms with Gasteiger partial charge in [0.2, 0.25) is 5.91 Å². The van der Waals surface area contributed by atoms with Gasteiger partial charge in [0.1, 0.15) is 11.6 Å².